The minimum atomic E-state index is -0.551. The molecule has 1 aromatic heterocycles. The van der Waals surface area contributed by atoms with E-state index in [2.05, 4.69) is 4.98 Å². The first kappa shape index (κ1) is 22.6. The molecule has 7 heteroatoms. The summed E-state index contributed by atoms with van der Waals surface area (Å²) >= 11 is 6.48. The van der Waals surface area contributed by atoms with Crippen LogP contribution >= 0.6 is 11.6 Å². The molecule has 170 valence electrons. The number of aromatic nitrogens is 1. The summed E-state index contributed by atoms with van der Waals surface area (Å²) in [6, 6.07) is 7.44. The zero-order chi connectivity index (χ0) is 23.2. The lowest BCUT2D eigenvalue weighted by molar-refractivity contribution is 0.0223. The van der Waals surface area contributed by atoms with Gasteiger partial charge in [-0.2, -0.15) is 0 Å². The number of rotatable bonds is 2. The van der Waals surface area contributed by atoms with Crippen molar-refractivity contribution in [3.63, 3.8) is 0 Å². The smallest absolute Gasteiger partial charge is 0.410 e. The summed E-state index contributed by atoms with van der Waals surface area (Å²) in [4.78, 5) is 34.1. The van der Waals surface area contributed by atoms with E-state index < -0.39 is 5.60 Å². The van der Waals surface area contributed by atoms with Crippen molar-refractivity contribution in [1.29, 1.82) is 0 Å². The van der Waals surface area contributed by atoms with Gasteiger partial charge >= 0.3 is 6.09 Å². The molecule has 0 bridgehead atoms. The topological polar surface area (TPSA) is 62.7 Å². The molecule has 1 fully saturated rings. The van der Waals surface area contributed by atoms with E-state index >= 15 is 0 Å². The predicted molar refractivity (Wildman–Crippen MR) is 124 cm³/mol. The number of carbonyl (C=O) groups excluding carboxylic acids is 2. The fraction of sp³-hybridized carbons (Fsp3) is 0.480. The molecule has 2 amide bonds. The van der Waals surface area contributed by atoms with Crippen LogP contribution in [0, 0.1) is 13.8 Å². The fourth-order valence-electron chi connectivity index (χ4n) is 4.71. The Bertz CT molecular complexity index is 1060. The molecule has 0 aliphatic carbocycles. The van der Waals surface area contributed by atoms with Gasteiger partial charge in [0, 0.05) is 41.6 Å². The lowest BCUT2D eigenvalue weighted by Crippen LogP contribution is -2.36. The van der Waals surface area contributed by atoms with Gasteiger partial charge in [0.1, 0.15) is 5.60 Å². The Hall–Kier alpha value is -2.60. The fourth-order valence-corrected chi connectivity index (χ4v) is 4.96. The number of pyridine rings is 1. The summed E-state index contributed by atoms with van der Waals surface area (Å²) in [5.41, 5.74) is 4.90. The maximum Gasteiger partial charge on any atom is 0.410 e. The lowest BCUT2D eigenvalue weighted by Gasteiger charge is -2.30. The standard InChI is InChI=1S/C25H30ClN3O3/c1-15-9-17(10-16(2)27-15)23(30)28-13-18-11-19(26)12-20(21(18)14-28)22-7-6-8-29(22)24(31)32-25(3,4)5/h9-12,22H,6-8,13-14H2,1-5H3. The molecule has 0 radical (unpaired) electrons. The quantitative estimate of drug-likeness (QED) is 0.593. The number of ether oxygens (including phenoxy) is 1. The molecule has 0 saturated carbocycles. The van der Waals surface area contributed by atoms with Gasteiger partial charge in [0.15, 0.2) is 0 Å². The largest absolute Gasteiger partial charge is 0.444 e. The van der Waals surface area contributed by atoms with Crippen LogP contribution in [0.5, 0.6) is 0 Å². The molecular weight excluding hydrogens is 426 g/mol. The highest BCUT2D eigenvalue weighted by Crippen LogP contribution is 2.40. The van der Waals surface area contributed by atoms with Crippen LogP contribution in [0.1, 0.15) is 78.1 Å². The molecule has 2 aromatic rings. The number of hydrogen-bond acceptors (Lipinski definition) is 4. The molecule has 1 atom stereocenters. The Labute approximate surface area is 194 Å². The van der Waals surface area contributed by atoms with Crippen LogP contribution in [0.15, 0.2) is 24.3 Å². The normalized spacial score (nSPS) is 18.1. The first-order valence-corrected chi connectivity index (χ1v) is 11.4. The number of carbonyl (C=O) groups is 2. The van der Waals surface area contributed by atoms with Crippen molar-refractivity contribution in [3.05, 3.63) is 62.9 Å². The molecule has 4 rings (SSSR count). The number of hydrogen-bond donors (Lipinski definition) is 0. The zero-order valence-electron chi connectivity index (χ0n) is 19.4. The second-order valence-corrected chi connectivity index (χ2v) is 10.2. The summed E-state index contributed by atoms with van der Waals surface area (Å²) in [7, 11) is 0. The molecular formula is C25H30ClN3O3. The number of likely N-dealkylation sites (tertiary alicyclic amines) is 1. The van der Waals surface area contributed by atoms with E-state index in [-0.39, 0.29) is 18.0 Å². The average molecular weight is 456 g/mol. The minimum Gasteiger partial charge on any atom is -0.444 e. The van der Waals surface area contributed by atoms with Crippen molar-refractivity contribution >= 4 is 23.6 Å². The Morgan fingerprint density at radius 1 is 1.09 bits per heavy atom. The average Bonchev–Trinajstić information content (AvgIpc) is 3.31. The van der Waals surface area contributed by atoms with E-state index in [1.54, 1.807) is 4.90 Å². The van der Waals surface area contributed by atoms with Crippen LogP contribution in [-0.2, 0) is 17.8 Å². The number of fused-ring (bicyclic) bond motifs is 1. The monoisotopic (exact) mass is 455 g/mol. The Morgan fingerprint density at radius 3 is 2.44 bits per heavy atom. The third-order valence-electron chi connectivity index (χ3n) is 5.91. The van der Waals surface area contributed by atoms with Gasteiger partial charge in [-0.25, -0.2) is 4.79 Å². The molecule has 3 heterocycles. The molecule has 1 aromatic carbocycles. The highest BCUT2D eigenvalue weighted by molar-refractivity contribution is 6.30. The van der Waals surface area contributed by atoms with Crippen molar-refractivity contribution in [2.24, 2.45) is 0 Å². The summed E-state index contributed by atoms with van der Waals surface area (Å²) in [5.74, 6) is -0.0210. The highest BCUT2D eigenvalue weighted by atomic mass is 35.5. The number of amides is 2. The van der Waals surface area contributed by atoms with Crippen molar-refractivity contribution in [1.82, 2.24) is 14.8 Å². The number of aryl methyl sites for hydroxylation is 2. The lowest BCUT2D eigenvalue weighted by atomic mass is 9.96. The van der Waals surface area contributed by atoms with Gasteiger partial charge in [-0.3, -0.25) is 9.78 Å². The zero-order valence-corrected chi connectivity index (χ0v) is 20.1. The SMILES string of the molecule is Cc1cc(C(=O)N2Cc3cc(Cl)cc(C4CCCN4C(=O)OC(C)(C)C)c3C2)cc(C)n1. The molecule has 0 N–H and O–H groups in total. The van der Waals surface area contributed by atoms with Crippen LogP contribution < -0.4 is 0 Å². The Kier molecular flexibility index (Phi) is 5.93. The van der Waals surface area contributed by atoms with Crippen LogP contribution in [-0.4, -0.2) is 38.9 Å². The van der Waals surface area contributed by atoms with Gasteiger partial charge in [-0.1, -0.05) is 11.6 Å². The van der Waals surface area contributed by atoms with E-state index in [0.29, 0.717) is 30.2 Å². The van der Waals surface area contributed by atoms with Crippen molar-refractivity contribution in [2.75, 3.05) is 6.54 Å². The van der Waals surface area contributed by atoms with Crippen LogP contribution in [0.4, 0.5) is 4.79 Å². The second-order valence-electron chi connectivity index (χ2n) is 9.76. The molecule has 1 saturated heterocycles. The first-order valence-electron chi connectivity index (χ1n) is 11.1. The van der Waals surface area contributed by atoms with Gasteiger partial charge in [0.2, 0.25) is 0 Å². The molecule has 2 aliphatic heterocycles. The third kappa shape index (κ3) is 4.60. The Balaban J connectivity index is 1.62. The number of nitrogens with zero attached hydrogens (tertiary/aromatic N) is 3. The summed E-state index contributed by atoms with van der Waals surface area (Å²) in [6.07, 6.45) is 1.45. The maximum atomic E-state index is 13.2. The van der Waals surface area contributed by atoms with Gasteiger partial charge in [-0.05, 0) is 88.4 Å². The second kappa shape index (κ2) is 8.39. The maximum absolute atomic E-state index is 13.2. The van der Waals surface area contributed by atoms with E-state index in [1.807, 2.05) is 63.8 Å². The van der Waals surface area contributed by atoms with Crippen molar-refractivity contribution in [3.8, 4) is 0 Å². The van der Waals surface area contributed by atoms with E-state index in [1.165, 1.54) is 0 Å². The van der Waals surface area contributed by atoms with Gasteiger partial charge in [0.25, 0.3) is 5.91 Å². The first-order chi connectivity index (χ1) is 15.0. The van der Waals surface area contributed by atoms with Gasteiger partial charge < -0.3 is 14.5 Å². The highest BCUT2D eigenvalue weighted by Gasteiger charge is 2.37. The van der Waals surface area contributed by atoms with E-state index in [0.717, 1.165) is 40.9 Å². The molecule has 1 unspecified atom stereocenters. The number of benzene rings is 1. The van der Waals surface area contributed by atoms with E-state index in [9.17, 15) is 9.59 Å². The summed E-state index contributed by atoms with van der Waals surface area (Å²) in [5, 5.41) is 0.625. The molecule has 2 aliphatic rings. The van der Waals surface area contributed by atoms with Crippen molar-refractivity contribution < 1.29 is 14.3 Å². The minimum absolute atomic E-state index is 0.0210. The third-order valence-corrected chi connectivity index (χ3v) is 6.13. The molecule has 6 nitrogen and oxygen atoms in total. The Morgan fingerprint density at radius 2 is 1.78 bits per heavy atom. The van der Waals surface area contributed by atoms with Crippen LogP contribution in [0.25, 0.3) is 0 Å². The molecule has 0 spiro atoms. The van der Waals surface area contributed by atoms with Gasteiger partial charge in [-0.15, -0.1) is 0 Å². The van der Waals surface area contributed by atoms with E-state index in [4.69, 9.17) is 16.3 Å². The van der Waals surface area contributed by atoms with Crippen LogP contribution in [0.2, 0.25) is 5.02 Å². The van der Waals surface area contributed by atoms with Crippen molar-refractivity contribution in [2.45, 2.75) is 72.2 Å². The van der Waals surface area contributed by atoms with Gasteiger partial charge in [0.05, 0.1) is 6.04 Å². The summed E-state index contributed by atoms with van der Waals surface area (Å²) in [6.45, 7) is 11.1. The van der Waals surface area contributed by atoms with Crippen LogP contribution in [0.3, 0.4) is 0 Å². The predicted octanol–water partition coefficient (Wildman–Crippen LogP) is 5.58. The molecule has 32 heavy (non-hydrogen) atoms. The number of halogens is 1. The summed E-state index contributed by atoms with van der Waals surface area (Å²) < 4.78 is 5.65.